The molecule has 0 bridgehead atoms. The number of aromatic nitrogens is 1. The van der Waals surface area contributed by atoms with Crippen LogP contribution in [0.2, 0.25) is 5.02 Å². The second-order valence-electron chi connectivity index (χ2n) is 9.67. The number of fused-ring (bicyclic) bond motifs is 1. The Morgan fingerprint density at radius 2 is 1.82 bits per heavy atom. The lowest BCUT2D eigenvalue weighted by molar-refractivity contribution is -0.0121. The Kier molecular flexibility index (Phi) is 8.84. The fraction of sp³-hybridized carbons (Fsp3) is 0.250. The molecule has 0 unspecified atom stereocenters. The highest BCUT2D eigenvalue weighted by Crippen LogP contribution is 2.30. The number of carboxylic acid groups (broad SMARTS) is 1. The Morgan fingerprint density at radius 3 is 2.62 bits per heavy atom. The van der Waals surface area contributed by atoms with Crippen LogP contribution in [0.1, 0.15) is 34.5 Å². The van der Waals surface area contributed by atoms with Gasteiger partial charge in [-0.3, -0.25) is 0 Å². The zero-order chi connectivity index (χ0) is 27.9. The molecular formula is C32H30ClNO6. The van der Waals surface area contributed by atoms with E-state index in [2.05, 4.69) is 4.98 Å². The molecule has 1 N–H and O–H groups in total. The highest BCUT2D eigenvalue weighted by atomic mass is 35.5. The largest absolute Gasteiger partial charge is 0.497 e. The van der Waals surface area contributed by atoms with E-state index in [1.54, 1.807) is 12.1 Å². The van der Waals surface area contributed by atoms with Gasteiger partial charge in [-0.2, -0.15) is 0 Å². The van der Waals surface area contributed by atoms with Crippen molar-refractivity contribution in [1.29, 1.82) is 0 Å². The molecule has 0 saturated heterocycles. The van der Waals surface area contributed by atoms with Gasteiger partial charge in [0.1, 0.15) is 42.1 Å². The molecule has 1 atom stereocenters. The number of aromatic carboxylic acids is 1. The molecule has 206 valence electrons. The van der Waals surface area contributed by atoms with E-state index in [0.29, 0.717) is 29.0 Å². The number of carbonyl (C=O) groups is 1. The van der Waals surface area contributed by atoms with E-state index in [-0.39, 0.29) is 30.6 Å². The number of nitrogens with zero attached hydrogens (tertiary/aromatic N) is 1. The Bertz CT molecular complexity index is 1520. The van der Waals surface area contributed by atoms with Gasteiger partial charge in [-0.05, 0) is 78.9 Å². The van der Waals surface area contributed by atoms with Crippen molar-refractivity contribution in [2.75, 3.05) is 26.9 Å². The monoisotopic (exact) mass is 559 g/mol. The zero-order valence-corrected chi connectivity index (χ0v) is 22.8. The molecule has 3 aromatic carbocycles. The summed E-state index contributed by atoms with van der Waals surface area (Å²) < 4.78 is 23.2. The van der Waals surface area contributed by atoms with Gasteiger partial charge >= 0.3 is 5.97 Å². The lowest BCUT2D eigenvalue weighted by Crippen LogP contribution is -2.29. The summed E-state index contributed by atoms with van der Waals surface area (Å²) in [7, 11) is 1.49. The molecule has 1 saturated carbocycles. The van der Waals surface area contributed by atoms with Gasteiger partial charge in [0, 0.05) is 10.4 Å². The molecule has 8 heteroatoms. The summed E-state index contributed by atoms with van der Waals surface area (Å²) in [5, 5.41) is 11.3. The van der Waals surface area contributed by atoms with Gasteiger partial charge in [0.05, 0.1) is 24.9 Å². The van der Waals surface area contributed by atoms with Crippen molar-refractivity contribution in [2.45, 2.75) is 18.9 Å². The van der Waals surface area contributed by atoms with E-state index < -0.39 is 5.97 Å². The van der Waals surface area contributed by atoms with Crippen molar-refractivity contribution in [3.8, 4) is 17.2 Å². The van der Waals surface area contributed by atoms with Gasteiger partial charge in [0.15, 0.2) is 0 Å². The standard InChI is InChI=1S/C32H30ClNO6/c1-37-26-13-14-31(29(17-26)32(35)36)40-20-28(38-18-22-5-6-22)19-39-27-4-2-3-21(15-27)7-11-25-12-9-23-8-10-24(33)16-30(23)34-25/h2-4,7-17,22,28H,5-6,18-20H2,1H3,(H,35,36)/b11-7+/t28-/m1/s1. The van der Waals surface area contributed by atoms with E-state index >= 15 is 0 Å². The lowest BCUT2D eigenvalue weighted by atomic mass is 10.1. The van der Waals surface area contributed by atoms with Crippen molar-refractivity contribution < 1.29 is 28.8 Å². The van der Waals surface area contributed by atoms with Crippen LogP contribution in [-0.2, 0) is 4.74 Å². The van der Waals surface area contributed by atoms with Gasteiger partial charge in [-0.15, -0.1) is 0 Å². The number of hydrogen-bond donors (Lipinski definition) is 1. The van der Waals surface area contributed by atoms with Gasteiger partial charge in [0.25, 0.3) is 0 Å². The van der Waals surface area contributed by atoms with Crippen molar-refractivity contribution in [3.63, 3.8) is 0 Å². The first-order chi connectivity index (χ1) is 19.5. The quantitative estimate of drug-likeness (QED) is 0.188. The van der Waals surface area contributed by atoms with E-state index in [1.807, 2.05) is 66.7 Å². The third-order valence-electron chi connectivity index (χ3n) is 6.52. The van der Waals surface area contributed by atoms with Gasteiger partial charge in [-0.1, -0.05) is 41.9 Å². The fourth-order valence-electron chi connectivity index (χ4n) is 4.09. The van der Waals surface area contributed by atoms with Gasteiger partial charge in [0.2, 0.25) is 0 Å². The molecule has 1 aromatic heterocycles. The molecule has 0 spiro atoms. The first-order valence-corrected chi connectivity index (χ1v) is 13.5. The number of benzene rings is 3. The van der Waals surface area contributed by atoms with Crippen molar-refractivity contribution >= 4 is 40.6 Å². The summed E-state index contributed by atoms with van der Waals surface area (Å²) in [6.07, 6.45) is 5.86. The molecule has 1 heterocycles. The first-order valence-electron chi connectivity index (χ1n) is 13.1. The topological polar surface area (TPSA) is 87.1 Å². The summed E-state index contributed by atoms with van der Waals surface area (Å²) in [6.45, 7) is 1.03. The minimum absolute atomic E-state index is 0.0321. The molecule has 0 amide bonds. The normalized spacial score (nSPS) is 13.8. The first kappa shape index (κ1) is 27.5. The van der Waals surface area contributed by atoms with Crippen LogP contribution < -0.4 is 14.2 Å². The average Bonchev–Trinajstić information content (AvgIpc) is 3.80. The molecule has 5 rings (SSSR count). The second-order valence-corrected chi connectivity index (χ2v) is 10.1. The lowest BCUT2D eigenvalue weighted by Gasteiger charge is -2.20. The highest BCUT2D eigenvalue weighted by Gasteiger charge is 2.24. The predicted octanol–water partition coefficient (Wildman–Crippen LogP) is 7.02. The van der Waals surface area contributed by atoms with E-state index in [1.165, 1.54) is 13.2 Å². The van der Waals surface area contributed by atoms with Crippen LogP contribution in [0.4, 0.5) is 0 Å². The molecule has 1 fully saturated rings. The number of hydrogen-bond acceptors (Lipinski definition) is 6. The minimum Gasteiger partial charge on any atom is -0.497 e. The summed E-state index contributed by atoms with van der Waals surface area (Å²) in [5.41, 5.74) is 2.66. The number of rotatable bonds is 13. The van der Waals surface area contributed by atoms with Crippen LogP contribution in [0.15, 0.2) is 72.8 Å². The van der Waals surface area contributed by atoms with Crippen molar-refractivity contribution in [3.05, 3.63) is 94.6 Å². The number of ether oxygens (including phenoxy) is 4. The van der Waals surface area contributed by atoms with E-state index in [4.69, 9.17) is 30.5 Å². The maximum atomic E-state index is 11.7. The highest BCUT2D eigenvalue weighted by molar-refractivity contribution is 6.31. The van der Waals surface area contributed by atoms with Gasteiger partial charge < -0.3 is 24.1 Å². The molecule has 7 nitrogen and oxygen atoms in total. The molecule has 0 radical (unpaired) electrons. The second kappa shape index (κ2) is 12.9. The number of carboxylic acids is 1. The van der Waals surface area contributed by atoms with Gasteiger partial charge in [-0.25, -0.2) is 9.78 Å². The number of pyridine rings is 1. The van der Waals surface area contributed by atoms with E-state index in [0.717, 1.165) is 35.0 Å². The van der Waals surface area contributed by atoms with Crippen LogP contribution in [0, 0.1) is 5.92 Å². The maximum Gasteiger partial charge on any atom is 0.339 e. The zero-order valence-electron chi connectivity index (χ0n) is 22.1. The van der Waals surface area contributed by atoms with Crippen LogP contribution >= 0.6 is 11.6 Å². The maximum absolute atomic E-state index is 11.7. The molecule has 1 aliphatic carbocycles. The smallest absolute Gasteiger partial charge is 0.339 e. The Labute approximate surface area is 237 Å². The Morgan fingerprint density at radius 1 is 1.00 bits per heavy atom. The molecule has 1 aliphatic rings. The van der Waals surface area contributed by atoms with Crippen LogP contribution in [0.3, 0.4) is 0 Å². The number of methoxy groups -OCH3 is 1. The average molecular weight is 560 g/mol. The molecule has 40 heavy (non-hydrogen) atoms. The summed E-state index contributed by atoms with van der Waals surface area (Å²) in [4.78, 5) is 16.4. The molecule has 0 aliphatic heterocycles. The van der Waals surface area contributed by atoms with Crippen LogP contribution in [0.5, 0.6) is 17.2 Å². The number of halogens is 1. The third-order valence-corrected chi connectivity index (χ3v) is 6.76. The molecular weight excluding hydrogens is 530 g/mol. The Balaban J connectivity index is 1.23. The Hall–Kier alpha value is -4.07. The summed E-state index contributed by atoms with van der Waals surface area (Å²) in [5.74, 6) is 0.866. The van der Waals surface area contributed by atoms with Crippen molar-refractivity contribution in [1.82, 2.24) is 4.98 Å². The SMILES string of the molecule is COc1ccc(OC[C@@H](COc2cccc(/C=C/c3ccc4ccc(Cl)cc4n3)c2)OCC2CC2)c(C(=O)O)c1. The third kappa shape index (κ3) is 7.52. The molecule has 4 aromatic rings. The van der Waals surface area contributed by atoms with E-state index in [9.17, 15) is 9.90 Å². The predicted molar refractivity (Wildman–Crippen MR) is 156 cm³/mol. The summed E-state index contributed by atoms with van der Waals surface area (Å²) in [6, 6.07) is 22.1. The minimum atomic E-state index is -1.09. The summed E-state index contributed by atoms with van der Waals surface area (Å²) >= 11 is 6.12. The van der Waals surface area contributed by atoms with Crippen LogP contribution in [-0.4, -0.2) is 49.1 Å². The van der Waals surface area contributed by atoms with Crippen LogP contribution in [0.25, 0.3) is 23.1 Å². The van der Waals surface area contributed by atoms with Crippen molar-refractivity contribution in [2.24, 2.45) is 5.92 Å². The fourth-order valence-corrected chi connectivity index (χ4v) is 4.26.